The fraction of sp³-hybridized carbons (Fsp3) is 0.619. The summed E-state index contributed by atoms with van der Waals surface area (Å²) in [5, 5.41) is 20.3. The molecule has 12 nitrogen and oxygen atoms in total. The van der Waals surface area contributed by atoms with Gasteiger partial charge in [-0.3, -0.25) is 24.0 Å². The van der Waals surface area contributed by atoms with Crippen LogP contribution in [0.2, 0.25) is 0 Å². The summed E-state index contributed by atoms with van der Waals surface area (Å²) >= 11 is 0. The second kappa shape index (κ2) is 18.7. The van der Waals surface area contributed by atoms with Crippen molar-refractivity contribution >= 4 is 52.2 Å². The number of carbonyl (C=O) groups is 5. The predicted octanol–water partition coefficient (Wildman–Crippen LogP) is 7.28. The lowest BCUT2D eigenvalue weighted by Gasteiger charge is -2.29. The van der Waals surface area contributed by atoms with Gasteiger partial charge in [0.2, 0.25) is 11.7 Å². The highest BCUT2D eigenvalue weighted by Gasteiger charge is 2.44. The molecule has 0 aromatic heterocycles. The molecule has 2 N–H and O–H groups in total. The Kier molecular flexibility index (Phi) is 14.1. The fourth-order valence-electron chi connectivity index (χ4n) is 7.89. The van der Waals surface area contributed by atoms with Crippen LogP contribution in [-0.2, 0) is 33.4 Å². The predicted molar refractivity (Wildman–Crippen MR) is 208 cm³/mol. The van der Waals surface area contributed by atoms with Gasteiger partial charge in [0.05, 0.1) is 59.1 Å². The molecule has 3 aliphatic carbocycles. The van der Waals surface area contributed by atoms with E-state index in [-0.39, 0.29) is 77.3 Å². The van der Waals surface area contributed by atoms with Crippen LogP contribution in [0.5, 0.6) is 0 Å². The van der Waals surface area contributed by atoms with E-state index in [0.29, 0.717) is 55.0 Å². The van der Waals surface area contributed by atoms with Gasteiger partial charge in [-0.25, -0.2) is 5.01 Å². The van der Waals surface area contributed by atoms with Crippen LogP contribution in [0.15, 0.2) is 40.2 Å². The lowest BCUT2D eigenvalue weighted by atomic mass is 9.79. The number of unbranched alkanes of at least 4 members (excludes halogenated alkanes) is 1. The SMILES string of the molecule is CCCCC(CC)C(=O)Nc1cc(N(CCOC(=O)C2CCCC2)CCOC(=O)C2CCCC2)ccc1C1=C(O)C(=C2C(=O)N(C(C)C)N=C2CC)C1=O. The first-order valence-corrected chi connectivity index (χ1v) is 20.2. The molecule has 54 heavy (non-hydrogen) atoms. The van der Waals surface area contributed by atoms with Crippen LogP contribution < -0.4 is 10.2 Å². The topological polar surface area (TPSA) is 155 Å². The zero-order chi connectivity index (χ0) is 38.9. The lowest BCUT2D eigenvalue weighted by Crippen LogP contribution is -2.34. The molecule has 0 spiro atoms. The Morgan fingerprint density at radius 2 is 1.50 bits per heavy atom. The first kappa shape index (κ1) is 40.7. The van der Waals surface area contributed by atoms with Crippen molar-refractivity contribution < 1.29 is 38.6 Å². The standard InChI is InChI=1S/C42H58N4O8/c1-6-9-14-27(7-2)39(49)43-33-25-30(19-20-31(33)34-37(47)36(38(34)48)35-32(8-3)44-46(26(4)5)40(35)50)45(21-23-53-41(51)28-15-10-11-16-28)22-24-54-42(52)29-17-12-13-18-29/h19-20,25-29,47H,6-18,21-24H2,1-5H3,(H,43,49). The van der Waals surface area contributed by atoms with E-state index in [1.807, 2.05) is 32.6 Å². The molecule has 1 heterocycles. The lowest BCUT2D eigenvalue weighted by molar-refractivity contribution is -0.148. The Hall–Kier alpha value is -4.48. The molecule has 0 bridgehead atoms. The van der Waals surface area contributed by atoms with Crippen molar-refractivity contribution in [3.05, 3.63) is 40.7 Å². The van der Waals surface area contributed by atoms with Gasteiger partial charge in [0.1, 0.15) is 19.0 Å². The monoisotopic (exact) mass is 746 g/mol. The maximum Gasteiger partial charge on any atom is 0.308 e. The van der Waals surface area contributed by atoms with Gasteiger partial charge in [0.15, 0.2) is 0 Å². The van der Waals surface area contributed by atoms with E-state index in [2.05, 4.69) is 17.3 Å². The number of ketones is 1. The molecule has 0 saturated heterocycles. The number of ether oxygens (including phenoxy) is 2. The van der Waals surface area contributed by atoms with E-state index in [4.69, 9.17) is 9.47 Å². The number of nitrogens with one attached hydrogen (secondary N) is 1. The molecular weight excluding hydrogens is 688 g/mol. The van der Waals surface area contributed by atoms with Gasteiger partial charge in [-0.15, -0.1) is 0 Å². The second-order valence-corrected chi connectivity index (χ2v) is 15.2. The number of aliphatic hydroxyl groups is 1. The smallest absolute Gasteiger partial charge is 0.308 e. The van der Waals surface area contributed by atoms with Gasteiger partial charge < -0.3 is 24.8 Å². The minimum absolute atomic E-state index is 0.00902. The third-order valence-electron chi connectivity index (χ3n) is 11.2. The van der Waals surface area contributed by atoms with Crippen LogP contribution in [0.1, 0.15) is 124 Å². The number of anilines is 2. The number of carbonyl (C=O) groups excluding carboxylic acids is 5. The summed E-state index contributed by atoms with van der Waals surface area (Å²) in [7, 11) is 0. The van der Waals surface area contributed by atoms with Gasteiger partial charge >= 0.3 is 11.9 Å². The maximum atomic E-state index is 13.9. The van der Waals surface area contributed by atoms with Crippen molar-refractivity contribution in [2.45, 2.75) is 124 Å². The van der Waals surface area contributed by atoms with Crippen molar-refractivity contribution in [1.82, 2.24) is 5.01 Å². The van der Waals surface area contributed by atoms with Gasteiger partial charge in [-0.05, 0) is 77.0 Å². The Morgan fingerprint density at radius 3 is 2.00 bits per heavy atom. The van der Waals surface area contributed by atoms with Crippen LogP contribution in [0.25, 0.3) is 5.57 Å². The van der Waals surface area contributed by atoms with Crippen molar-refractivity contribution in [3.8, 4) is 0 Å². The normalized spacial score (nSPS) is 19.7. The molecule has 2 amide bonds. The Bertz CT molecular complexity index is 1650. The van der Waals surface area contributed by atoms with E-state index in [1.54, 1.807) is 18.2 Å². The maximum absolute atomic E-state index is 13.9. The van der Waals surface area contributed by atoms with E-state index >= 15 is 0 Å². The molecular formula is C42H58N4O8. The van der Waals surface area contributed by atoms with Gasteiger partial charge in [0, 0.05) is 17.2 Å². The molecule has 0 radical (unpaired) electrons. The molecule has 12 heteroatoms. The highest BCUT2D eigenvalue weighted by atomic mass is 16.5. The quantitative estimate of drug-likeness (QED) is 0.117. The third kappa shape index (κ3) is 9.06. The summed E-state index contributed by atoms with van der Waals surface area (Å²) in [6, 6.07) is 4.97. The van der Waals surface area contributed by atoms with Crippen LogP contribution >= 0.6 is 0 Å². The number of benzene rings is 1. The molecule has 294 valence electrons. The summed E-state index contributed by atoms with van der Waals surface area (Å²) in [4.78, 5) is 68.5. The van der Waals surface area contributed by atoms with E-state index < -0.39 is 11.7 Å². The summed E-state index contributed by atoms with van der Waals surface area (Å²) in [5.74, 6) is -2.28. The minimum Gasteiger partial charge on any atom is -0.506 e. The average molecular weight is 747 g/mol. The van der Waals surface area contributed by atoms with Crippen LogP contribution in [-0.4, -0.2) is 77.7 Å². The summed E-state index contributed by atoms with van der Waals surface area (Å²) < 4.78 is 11.4. The number of allylic oxidation sites excluding steroid dienone is 2. The molecule has 2 saturated carbocycles. The minimum atomic E-state index is -0.501. The highest BCUT2D eigenvalue weighted by Crippen LogP contribution is 2.43. The first-order valence-electron chi connectivity index (χ1n) is 20.2. The summed E-state index contributed by atoms with van der Waals surface area (Å²) in [6.07, 6.45) is 11.0. The Balaban J connectivity index is 1.48. The van der Waals surface area contributed by atoms with Crippen molar-refractivity contribution in [1.29, 1.82) is 0 Å². The number of hydrazone groups is 1. The molecule has 4 aliphatic rings. The third-order valence-corrected chi connectivity index (χ3v) is 11.2. The zero-order valence-corrected chi connectivity index (χ0v) is 32.7. The number of hydrogen-bond acceptors (Lipinski definition) is 10. The Morgan fingerprint density at radius 1 is 0.907 bits per heavy atom. The number of rotatable bonds is 18. The zero-order valence-electron chi connectivity index (χ0n) is 32.7. The van der Waals surface area contributed by atoms with Crippen molar-refractivity contribution in [2.24, 2.45) is 22.9 Å². The van der Waals surface area contributed by atoms with Crippen LogP contribution in [0, 0.1) is 17.8 Å². The molecule has 5 rings (SSSR count). The number of Topliss-reactive ketones (excluding diaryl/α,β-unsaturated/α-hetero) is 1. The number of esters is 2. The van der Waals surface area contributed by atoms with Gasteiger partial charge in [-0.1, -0.05) is 59.3 Å². The van der Waals surface area contributed by atoms with Gasteiger partial charge in [0.25, 0.3) is 5.91 Å². The molecule has 1 atom stereocenters. The van der Waals surface area contributed by atoms with Crippen molar-refractivity contribution in [2.75, 3.05) is 36.5 Å². The Labute approximate surface area is 319 Å². The molecule has 1 aliphatic heterocycles. The molecule has 1 unspecified atom stereocenters. The number of amides is 2. The van der Waals surface area contributed by atoms with E-state index in [0.717, 1.165) is 64.2 Å². The second-order valence-electron chi connectivity index (χ2n) is 15.2. The van der Waals surface area contributed by atoms with Crippen LogP contribution in [0.4, 0.5) is 11.4 Å². The average Bonchev–Trinajstić information content (AvgIpc) is 3.95. The fourth-order valence-corrected chi connectivity index (χ4v) is 7.89. The summed E-state index contributed by atoms with van der Waals surface area (Å²) in [5.41, 5.74) is 1.79. The number of aliphatic hydroxyl groups excluding tert-OH is 1. The molecule has 1 aromatic rings. The van der Waals surface area contributed by atoms with Crippen molar-refractivity contribution in [3.63, 3.8) is 0 Å². The van der Waals surface area contributed by atoms with Crippen LogP contribution in [0.3, 0.4) is 0 Å². The molecule has 2 fully saturated rings. The van der Waals surface area contributed by atoms with Gasteiger partial charge in [-0.2, -0.15) is 5.10 Å². The largest absolute Gasteiger partial charge is 0.506 e. The first-order chi connectivity index (χ1) is 26.0. The number of nitrogens with zero attached hydrogens (tertiary/aromatic N) is 3. The highest BCUT2D eigenvalue weighted by molar-refractivity contribution is 6.44. The molecule has 1 aromatic carbocycles. The van der Waals surface area contributed by atoms with E-state index in [9.17, 15) is 29.1 Å². The number of hydrogen-bond donors (Lipinski definition) is 2. The summed E-state index contributed by atoms with van der Waals surface area (Å²) in [6.45, 7) is 10.4. The van der Waals surface area contributed by atoms with E-state index in [1.165, 1.54) is 5.01 Å².